The molecule has 7 nitrogen and oxygen atoms in total. The Hall–Kier alpha value is -1.58. The van der Waals surface area contributed by atoms with Crippen molar-refractivity contribution in [1.82, 2.24) is 9.55 Å². The predicted octanol–water partition coefficient (Wildman–Crippen LogP) is 1.50. The van der Waals surface area contributed by atoms with Crippen LogP contribution in [0.1, 0.15) is 12.0 Å². The number of para-hydroxylation sites is 1. The molecule has 0 aliphatic rings. The van der Waals surface area contributed by atoms with Gasteiger partial charge in [-0.2, -0.15) is 0 Å². The molecule has 1 atom stereocenters. The first-order valence-corrected chi connectivity index (χ1v) is 9.35. The number of methoxy groups -OCH3 is 1. The van der Waals surface area contributed by atoms with Crippen LogP contribution in [-0.2, 0) is 31.6 Å². The van der Waals surface area contributed by atoms with E-state index in [0.717, 1.165) is 11.3 Å². The molecule has 0 spiro atoms. The van der Waals surface area contributed by atoms with E-state index in [-0.39, 0.29) is 13.4 Å². The van der Waals surface area contributed by atoms with Crippen molar-refractivity contribution < 1.29 is 23.5 Å². The Balaban J connectivity index is 1.84. The number of ether oxygens (including phenoxy) is 3. The number of hydrogen-bond donors (Lipinski definition) is 1. The molecule has 0 fully saturated rings. The number of rotatable bonds is 12. The SMILES string of the molecule is COCCOCOCCC[S@](=O)c1nccn1-c1ccccc1CO. The third-order valence-electron chi connectivity index (χ3n) is 3.45. The third kappa shape index (κ3) is 6.02. The molecule has 0 bridgehead atoms. The first-order chi connectivity index (χ1) is 12.3. The van der Waals surface area contributed by atoms with Gasteiger partial charge in [0.25, 0.3) is 0 Å². The molecule has 0 amide bonds. The second-order valence-electron chi connectivity index (χ2n) is 5.20. The van der Waals surface area contributed by atoms with Crippen molar-refractivity contribution in [2.45, 2.75) is 18.2 Å². The highest BCUT2D eigenvalue weighted by atomic mass is 32.2. The topological polar surface area (TPSA) is 82.8 Å². The van der Waals surface area contributed by atoms with Crippen LogP contribution in [0.15, 0.2) is 41.8 Å². The number of imidazole rings is 1. The Bertz CT molecular complexity index is 662. The predicted molar refractivity (Wildman–Crippen MR) is 94.0 cm³/mol. The maximum atomic E-state index is 12.5. The lowest BCUT2D eigenvalue weighted by Gasteiger charge is -2.11. The molecule has 1 heterocycles. The summed E-state index contributed by atoms with van der Waals surface area (Å²) in [5, 5.41) is 9.95. The fraction of sp³-hybridized carbons (Fsp3) is 0.471. The van der Waals surface area contributed by atoms with E-state index in [1.54, 1.807) is 24.1 Å². The van der Waals surface area contributed by atoms with Crippen LogP contribution in [0.25, 0.3) is 5.69 Å². The molecule has 8 heteroatoms. The van der Waals surface area contributed by atoms with Gasteiger partial charge in [-0.25, -0.2) is 4.98 Å². The first-order valence-electron chi connectivity index (χ1n) is 8.03. The third-order valence-corrected chi connectivity index (χ3v) is 4.82. The summed E-state index contributed by atoms with van der Waals surface area (Å²) in [6, 6.07) is 7.43. The Morgan fingerprint density at radius 2 is 2.00 bits per heavy atom. The number of hydrogen-bond acceptors (Lipinski definition) is 6. The fourth-order valence-corrected chi connectivity index (χ4v) is 3.34. The highest BCUT2D eigenvalue weighted by molar-refractivity contribution is 7.84. The molecular formula is C17H24N2O5S. The summed E-state index contributed by atoms with van der Waals surface area (Å²) in [4.78, 5) is 4.22. The van der Waals surface area contributed by atoms with Gasteiger partial charge in [0.05, 0.1) is 42.9 Å². The van der Waals surface area contributed by atoms with E-state index >= 15 is 0 Å². The first kappa shape index (κ1) is 19.7. The van der Waals surface area contributed by atoms with Crippen LogP contribution in [-0.4, -0.2) is 58.3 Å². The van der Waals surface area contributed by atoms with E-state index in [4.69, 9.17) is 14.2 Å². The summed E-state index contributed by atoms with van der Waals surface area (Å²) < 4.78 is 29.7. The molecule has 0 radical (unpaired) electrons. The van der Waals surface area contributed by atoms with E-state index in [1.807, 2.05) is 24.3 Å². The molecule has 1 N–H and O–H groups in total. The summed E-state index contributed by atoms with van der Waals surface area (Å²) in [5.74, 6) is 0.441. The van der Waals surface area contributed by atoms with Gasteiger partial charge in [0, 0.05) is 30.8 Å². The van der Waals surface area contributed by atoms with Crippen LogP contribution in [0.5, 0.6) is 0 Å². The van der Waals surface area contributed by atoms with Gasteiger partial charge >= 0.3 is 0 Å². The van der Waals surface area contributed by atoms with E-state index in [9.17, 15) is 9.32 Å². The van der Waals surface area contributed by atoms with Crippen molar-refractivity contribution in [3.05, 3.63) is 42.2 Å². The largest absolute Gasteiger partial charge is 0.392 e. The van der Waals surface area contributed by atoms with Gasteiger partial charge in [0.1, 0.15) is 6.79 Å². The van der Waals surface area contributed by atoms with Crippen molar-refractivity contribution in [1.29, 1.82) is 0 Å². The van der Waals surface area contributed by atoms with Gasteiger partial charge in [-0.15, -0.1) is 0 Å². The average molecular weight is 368 g/mol. The molecule has 0 unspecified atom stereocenters. The van der Waals surface area contributed by atoms with Crippen molar-refractivity contribution >= 4 is 10.8 Å². The molecule has 1 aromatic carbocycles. The van der Waals surface area contributed by atoms with E-state index in [0.29, 0.717) is 37.2 Å². The Labute approximate surface area is 150 Å². The van der Waals surface area contributed by atoms with Crippen molar-refractivity contribution in [3.8, 4) is 5.69 Å². The molecule has 2 aromatic rings. The lowest BCUT2D eigenvalue weighted by molar-refractivity contribution is -0.0652. The second-order valence-corrected chi connectivity index (χ2v) is 6.66. The van der Waals surface area contributed by atoms with Gasteiger partial charge in [0.2, 0.25) is 5.16 Å². The van der Waals surface area contributed by atoms with Crippen molar-refractivity contribution in [2.24, 2.45) is 0 Å². The second kappa shape index (κ2) is 11.1. The van der Waals surface area contributed by atoms with Crippen LogP contribution < -0.4 is 0 Å². The molecule has 0 aliphatic heterocycles. The van der Waals surface area contributed by atoms with Gasteiger partial charge in [-0.1, -0.05) is 18.2 Å². The van der Waals surface area contributed by atoms with Crippen molar-refractivity contribution in [2.75, 3.05) is 39.5 Å². The van der Waals surface area contributed by atoms with Gasteiger partial charge < -0.3 is 19.3 Å². The van der Waals surface area contributed by atoms with Crippen LogP contribution in [0, 0.1) is 0 Å². The maximum Gasteiger partial charge on any atom is 0.203 e. The Morgan fingerprint density at radius 3 is 2.80 bits per heavy atom. The quantitative estimate of drug-likeness (QED) is 0.452. The molecule has 138 valence electrons. The molecular weight excluding hydrogens is 344 g/mol. The van der Waals surface area contributed by atoms with E-state index in [1.165, 1.54) is 0 Å². The van der Waals surface area contributed by atoms with E-state index < -0.39 is 10.8 Å². The monoisotopic (exact) mass is 368 g/mol. The number of aliphatic hydroxyl groups excluding tert-OH is 1. The number of nitrogens with zero attached hydrogens (tertiary/aromatic N) is 2. The van der Waals surface area contributed by atoms with Crippen LogP contribution in [0.2, 0.25) is 0 Å². The standard InChI is InChI=1S/C17H24N2O5S/c1-22-10-11-24-14-23-9-4-12-25(21)17-18-7-8-19(17)16-6-3-2-5-15(16)13-20/h2-3,5-8,20H,4,9-14H2,1H3/t25-/m0/s1. The average Bonchev–Trinajstić information content (AvgIpc) is 3.13. The minimum Gasteiger partial charge on any atom is -0.392 e. The van der Waals surface area contributed by atoms with E-state index in [2.05, 4.69) is 4.98 Å². The Kier molecular flexibility index (Phi) is 8.78. The van der Waals surface area contributed by atoms with Crippen LogP contribution in [0.4, 0.5) is 0 Å². The summed E-state index contributed by atoms with van der Waals surface area (Å²) in [7, 11) is 0.358. The summed E-state index contributed by atoms with van der Waals surface area (Å²) in [6.07, 6.45) is 4.00. The maximum absolute atomic E-state index is 12.5. The Morgan fingerprint density at radius 1 is 1.20 bits per heavy atom. The van der Waals surface area contributed by atoms with Gasteiger partial charge in [-0.05, 0) is 12.5 Å². The highest BCUT2D eigenvalue weighted by Crippen LogP contribution is 2.18. The molecule has 0 aliphatic carbocycles. The van der Waals surface area contributed by atoms with Crippen LogP contribution >= 0.6 is 0 Å². The lowest BCUT2D eigenvalue weighted by Crippen LogP contribution is -2.11. The van der Waals surface area contributed by atoms with Gasteiger partial charge in [-0.3, -0.25) is 8.78 Å². The minimum absolute atomic E-state index is 0.0860. The zero-order chi connectivity index (χ0) is 17.9. The summed E-state index contributed by atoms with van der Waals surface area (Å²) >= 11 is 0. The van der Waals surface area contributed by atoms with Gasteiger partial charge in [0.15, 0.2) is 0 Å². The molecule has 0 saturated heterocycles. The minimum atomic E-state index is -1.26. The molecule has 1 aromatic heterocycles. The zero-order valence-electron chi connectivity index (χ0n) is 14.3. The fourth-order valence-electron chi connectivity index (χ4n) is 2.22. The lowest BCUT2D eigenvalue weighted by atomic mass is 10.2. The summed E-state index contributed by atoms with van der Waals surface area (Å²) in [5.41, 5.74) is 1.55. The molecule has 0 saturated carbocycles. The number of benzene rings is 1. The normalized spacial score (nSPS) is 12.4. The number of aliphatic hydroxyl groups is 1. The highest BCUT2D eigenvalue weighted by Gasteiger charge is 2.14. The zero-order valence-corrected chi connectivity index (χ0v) is 15.1. The molecule has 25 heavy (non-hydrogen) atoms. The smallest absolute Gasteiger partial charge is 0.203 e. The van der Waals surface area contributed by atoms with Crippen LogP contribution in [0.3, 0.4) is 0 Å². The molecule has 2 rings (SSSR count). The number of aromatic nitrogens is 2. The van der Waals surface area contributed by atoms with Crippen molar-refractivity contribution in [3.63, 3.8) is 0 Å². The summed E-state index contributed by atoms with van der Waals surface area (Å²) in [6.45, 7) is 1.61.